The summed E-state index contributed by atoms with van der Waals surface area (Å²) in [7, 11) is 0. The lowest BCUT2D eigenvalue weighted by Crippen LogP contribution is -2.15. The van der Waals surface area contributed by atoms with E-state index in [-0.39, 0.29) is 22.9 Å². The molecule has 0 saturated carbocycles. The van der Waals surface area contributed by atoms with Crippen LogP contribution < -0.4 is 0 Å². The van der Waals surface area contributed by atoms with Crippen LogP contribution in [0, 0.1) is 5.92 Å². The van der Waals surface area contributed by atoms with Gasteiger partial charge in [0.2, 0.25) is 0 Å². The summed E-state index contributed by atoms with van der Waals surface area (Å²) in [6.45, 7) is 9.95. The minimum atomic E-state index is -0.271. The lowest BCUT2D eigenvalue weighted by atomic mass is 9.84. The molecular weight excluding hydrogens is 374 g/mol. The zero-order chi connectivity index (χ0) is 20.6. The van der Waals surface area contributed by atoms with Gasteiger partial charge in [0.1, 0.15) is 28.3 Å². The van der Waals surface area contributed by atoms with Crippen LogP contribution >= 0.6 is 11.6 Å². The fraction of sp³-hybridized carbons (Fsp3) is 0.409. The number of hydrogen-bond donors (Lipinski definition) is 1. The van der Waals surface area contributed by atoms with Crippen molar-refractivity contribution in [2.45, 2.75) is 52.9 Å². The summed E-state index contributed by atoms with van der Waals surface area (Å²) < 4.78 is 0. The van der Waals surface area contributed by atoms with Crippen molar-refractivity contribution in [1.29, 1.82) is 0 Å². The number of phenolic OH excluding ortho intramolecular Hbond substituents is 1. The van der Waals surface area contributed by atoms with E-state index in [9.17, 15) is 9.90 Å². The number of ketones is 1. The number of aromatic nitrogens is 3. The maximum absolute atomic E-state index is 12.1. The number of phenols is 1. The Kier molecular flexibility index (Phi) is 5.48. The number of halogens is 1. The molecule has 1 N–H and O–H groups in total. The van der Waals surface area contributed by atoms with E-state index in [2.05, 4.69) is 10.2 Å². The first kappa shape index (κ1) is 20.3. The van der Waals surface area contributed by atoms with Gasteiger partial charge in [-0.1, -0.05) is 52.3 Å². The second-order valence-corrected chi connectivity index (χ2v) is 8.94. The number of rotatable bonds is 5. The summed E-state index contributed by atoms with van der Waals surface area (Å²) in [6.07, 6.45) is 1.08. The molecule has 2 aromatic carbocycles. The highest BCUT2D eigenvalue weighted by atomic mass is 35.5. The van der Waals surface area contributed by atoms with Gasteiger partial charge in [0.25, 0.3) is 0 Å². The topological polar surface area (TPSA) is 68.0 Å². The fourth-order valence-corrected chi connectivity index (χ4v) is 3.26. The van der Waals surface area contributed by atoms with Gasteiger partial charge < -0.3 is 5.11 Å². The SMILES string of the molecule is CC(C)C(=O)CCc1cc(-n2nc3ccc(Cl)cc3n2)c(O)c(C(C)(C)C)c1. The van der Waals surface area contributed by atoms with Crippen molar-refractivity contribution >= 4 is 28.4 Å². The van der Waals surface area contributed by atoms with Crippen LogP contribution in [0.4, 0.5) is 0 Å². The zero-order valence-electron chi connectivity index (χ0n) is 17.0. The standard InChI is InChI=1S/C22H26ClN3O2/c1-13(2)20(27)9-6-14-10-16(22(3,4)5)21(28)19(11-14)26-24-17-8-7-15(23)12-18(17)25-26/h7-8,10-13,28H,6,9H2,1-5H3. The Morgan fingerprint density at radius 2 is 1.82 bits per heavy atom. The zero-order valence-corrected chi connectivity index (χ0v) is 17.7. The van der Waals surface area contributed by atoms with Crippen LogP contribution in [0.5, 0.6) is 5.75 Å². The third-order valence-electron chi connectivity index (χ3n) is 4.82. The van der Waals surface area contributed by atoms with Gasteiger partial charge in [-0.3, -0.25) is 4.79 Å². The largest absolute Gasteiger partial charge is 0.505 e. The normalized spacial score (nSPS) is 12.1. The molecule has 0 aliphatic carbocycles. The van der Waals surface area contributed by atoms with E-state index in [1.807, 2.05) is 46.8 Å². The van der Waals surface area contributed by atoms with Crippen LogP contribution in [-0.2, 0) is 16.6 Å². The number of carbonyl (C=O) groups excluding carboxylic acids is 1. The Morgan fingerprint density at radius 1 is 1.14 bits per heavy atom. The third-order valence-corrected chi connectivity index (χ3v) is 5.05. The number of aryl methyl sites for hydroxylation is 1. The molecular formula is C22H26ClN3O2. The molecule has 0 unspecified atom stereocenters. The first-order valence-electron chi connectivity index (χ1n) is 9.48. The smallest absolute Gasteiger partial charge is 0.146 e. The first-order valence-corrected chi connectivity index (χ1v) is 9.86. The quantitative estimate of drug-likeness (QED) is 0.637. The summed E-state index contributed by atoms with van der Waals surface area (Å²) in [5, 5.41) is 20.5. The second-order valence-electron chi connectivity index (χ2n) is 8.50. The average molecular weight is 400 g/mol. The van der Waals surface area contributed by atoms with Gasteiger partial charge in [-0.25, -0.2) is 0 Å². The molecule has 0 spiro atoms. The first-order chi connectivity index (χ1) is 13.1. The molecule has 5 nitrogen and oxygen atoms in total. The van der Waals surface area contributed by atoms with Crippen LogP contribution in [0.2, 0.25) is 5.02 Å². The van der Waals surface area contributed by atoms with Gasteiger partial charge >= 0.3 is 0 Å². The molecule has 148 valence electrons. The molecule has 0 radical (unpaired) electrons. The van der Waals surface area contributed by atoms with Gasteiger partial charge in [-0.15, -0.1) is 15.0 Å². The Morgan fingerprint density at radius 3 is 2.46 bits per heavy atom. The average Bonchev–Trinajstić information content (AvgIpc) is 3.02. The lowest BCUT2D eigenvalue weighted by molar-refractivity contribution is -0.121. The van der Waals surface area contributed by atoms with Crippen LogP contribution in [0.15, 0.2) is 30.3 Å². The van der Waals surface area contributed by atoms with Gasteiger partial charge in [-0.05, 0) is 41.7 Å². The molecule has 3 rings (SSSR count). The number of hydrogen-bond acceptors (Lipinski definition) is 4. The summed E-state index contributed by atoms with van der Waals surface area (Å²) in [5.41, 5.74) is 3.37. The molecule has 0 fully saturated rings. The molecule has 0 aliphatic rings. The van der Waals surface area contributed by atoms with E-state index in [4.69, 9.17) is 11.6 Å². The van der Waals surface area contributed by atoms with Gasteiger partial charge in [0.15, 0.2) is 0 Å². The minimum Gasteiger partial charge on any atom is -0.505 e. The second kappa shape index (κ2) is 7.55. The molecule has 6 heteroatoms. The van der Waals surface area contributed by atoms with Crippen molar-refractivity contribution in [2.75, 3.05) is 0 Å². The number of aromatic hydroxyl groups is 1. The number of benzene rings is 2. The summed E-state index contributed by atoms with van der Waals surface area (Å²) in [4.78, 5) is 13.5. The van der Waals surface area contributed by atoms with Crippen molar-refractivity contribution in [2.24, 2.45) is 5.92 Å². The highest BCUT2D eigenvalue weighted by Gasteiger charge is 2.23. The van der Waals surface area contributed by atoms with Crippen molar-refractivity contribution in [3.05, 3.63) is 46.5 Å². The fourth-order valence-electron chi connectivity index (χ4n) is 3.10. The van der Waals surface area contributed by atoms with E-state index < -0.39 is 0 Å². The van der Waals surface area contributed by atoms with E-state index in [0.29, 0.717) is 34.6 Å². The molecule has 0 atom stereocenters. The van der Waals surface area contributed by atoms with Crippen LogP contribution in [-0.4, -0.2) is 25.9 Å². The van der Waals surface area contributed by atoms with Gasteiger partial charge in [0.05, 0.1) is 0 Å². The van der Waals surface area contributed by atoms with Crippen molar-refractivity contribution in [3.8, 4) is 11.4 Å². The molecule has 0 bridgehead atoms. The number of fused-ring (bicyclic) bond motifs is 1. The van der Waals surface area contributed by atoms with Crippen LogP contribution in [0.3, 0.4) is 0 Å². The van der Waals surface area contributed by atoms with Crippen LogP contribution in [0.25, 0.3) is 16.7 Å². The number of Topliss-reactive ketones (excluding diaryl/α,β-unsaturated/α-hetero) is 1. The summed E-state index contributed by atoms with van der Waals surface area (Å²) in [5.74, 6) is 0.392. The molecule has 1 aromatic heterocycles. The van der Waals surface area contributed by atoms with E-state index >= 15 is 0 Å². The molecule has 0 amide bonds. The lowest BCUT2D eigenvalue weighted by Gasteiger charge is -2.23. The molecule has 28 heavy (non-hydrogen) atoms. The van der Waals surface area contributed by atoms with Crippen LogP contribution in [0.1, 0.15) is 52.2 Å². The predicted octanol–water partition coefficient (Wildman–Crippen LogP) is 5.23. The number of carbonyl (C=O) groups is 1. The highest BCUT2D eigenvalue weighted by Crippen LogP contribution is 2.36. The molecule has 3 aromatic rings. The third kappa shape index (κ3) is 4.20. The number of nitrogens with zero attached hydrogens (tertiary/aromatic N) is 3. The molecule has 0 saturated heterocycles. The maximum atomic E-state index is 12.1. The Labute approximate surface area is 170 Å². The Hall–Kier alpha value is -2.40. The van der Waals surface area contributed by atoms with Crippen molar-refractivity contribution < 1.29 is 9.90 Å². The van der Waals surface area contributed by atoms with Crippen molar-refractivity contribution in [3.63, 3.8) is 0 Å². The Bertz CT molecular complexity index is 1030. The van der Waals surface area contributed by atoms with Gasteiger partial charge in [0, 0.05) is 22.9 Å². The maximum Gasteiger partial charge on any atom is 0.146 e. The van der Waals surface area contributed by atoms with E-state index in [1.54, 1.807) is 18.2 Å². The monoisotopic (exact) mass is 399 g/mol. The van der Waals surface area contributed by atoms with E-state index in [0.717, 1.165) is 11.1 Å². The Balaban J connectivity index is 2.09. The molecule has 1 heterocycles. The summed E-state index contributed by atoms with van der Waals surface area (Å²) >= 11 is 6.05. The summed E-state index contributed by atoms with van der Waals surface area (Å²) in [6, 6.07) is 9.14. The minimum absolute atomic E-state index is 0.0153. The predicted molar refractivity (Wildman–Crippen MR) is 112 cm³/mol. The molecule has 0 aliphatic heterocycles. The highest BCUT2D eigenvalue weighted by molar-refractivity contribution is 6.31. The van der Waals surface area contributed by atoms with E-state index in [1.165, 1.54) is 4.80 Å². The van der Waals surface area contributed by atoms with Crippen molar-refractivity contribution in [1.82, 2.24) is 15.0 Å². The van der Waals surface area contributed by atoms with Gasteiger partial charge in [-0.2, -0.15) is 0 Å².